The monoisotopic (exact) mass is 251 g/mol. The van der Waals surface area contributed by atoms with Crippen LogP contribution in [-0.2, 0) is 0 Å². The molecular formula is C16H17N3. The molecule has 96 valence electrons. The molecule has 1 aliphatic rings. The van der Waals surface area contributed by atoms with Crippen molar-refractivity contribution in [3.8, 4) is 6.07 Å². The van der Waals surface area contributed by atoms with Gasteiger partial charge in [-0.25, -0.2) is 0 Å². The number of hydrogen-bond donors (Lipinski definition) is 0. The van der Waals surface area contributed by atoms with Crippen molar-refractivity contribution in [2.24, 2.45) is 0 Å². The topological polar surface area (TPSA) is 39.9 Å². The predicted octanol–water partition coefficient (Wildman–Crippen LogP) is 2.92. The molecule has 0 bridgehead atoms. The Hall–Kier alpha value is -1.92. The highest BCUT2D eigenvalue weighted by Crippen LogP contribution is 2.28. The van der Waals surface area contributed by atoms with Gasteiger partial charge < -0.3 is 4.90 Å². The Kier molecular flexibility index (Phi) is 3.18. The molecule has 0 atom stereocenters. The third-order valence-electron chi connectivity index (χ3n) is 4.02. The fourth-order valence-corrected chi connectivity index (χ4v) is 2.78. The van der Waals surface area contributed by atoms with E-state index in [2.05, 4.69) is 29.1 Å². The van der Waals surface area contributed by atoms with Crippen LogP contribution >= 0.6 is 0 Å². The molecule has 1 saturated heterocycles. The van der Waals surface area contributed by atoms with Crippen molar-refractivity contribution >= 4 is 10.9 Å². The molecule has 1 aliphatic heterocycles. The first-order valence-corrected chi connectivity index (χ1v) is 6.74. The van der Waals surface area contributed by atoms with Gasteiger partial charge in [0, 0.05) is 11.6 Å². The molecule has 19 heavy (non-hydrogen) atoms. The lowest BCUT2D eigenvalue weighted by atomic mass is 9.90. The Morgan fingerprint density at radius 3 is 2.79 bits per heavy atom. The number of rotatable bonds is 1. The summed E-state index contributed by atoms with van der Waals surface area (Å²) >= 11 is 0. The SMILES string of the molecule is CN1CCC(c2cnc3ccc(C#N)cc3c2)CC1. The number of pyridine rings is 1. The minimum Gasteiger partial charge on any atom is -0.306 e. The van der Waals surface area contributed by atoms with Crippen molar-refractivity contribution in [1.29, 1.82) is 5.26 Å². The number of hydrogen-bond acceptors (Lipinski definition) is 3. The van der Waals surface area contributed by atoms with E-state index in [1.54, 1.807) is 0 Å². The van der Waals surface area contributed by atoms with E-state index in [0.29, 0.717) is 11.5 Å². The number of fused-ring (bicyclic) bond motifs is 1. The molecule has 0 spiro atoms. The lowest BCUT2D eigenvalue weighted by Gasteiger charge is -2.29. The molecule has 2 aromatic rings. The van der Waals surface area contributed by atoms with Crippen LogP contribution in [0.2, 0.25) is 0 Å². The van der Waals surface area contributed by atoms with Crippen molar-refractivity contribution in [1.82, 2.24) is 9.88 Å². The van der Waals surface area contributed by atoms with Gasteiger partial charge in [-0.05, 0) is 68.7 Å². The van der Waals surface area contributed by atoms with E-state index in [4.69, 9.17) is 5.26 Å². The smallest absolute Gasteiger partial charge is 0.0991 e. The zero-order valence-corrected chi connectivity index (χ0v) is 11.1. The highest BCUT2D eigenvalue weighted by molar-refractivity contribution is 5.80. The van der Waals surface area contributed by atoms with Crippen molar-refractivity contribution in [3.63, 3.8) is 0 Å². The highest BCUT2D eigenvalue weighted by Gasteiger charge is 2.18. The third kappa shape index (κ3) is 2.45. The molecule has 0 unspecified atom stereocenters. The summed E-state index contributed by atoms with van der Waals surface area (Å²) in [4.78, 5) is 6.90. The second-order valence-electron chi connectivity index (χ2n) is 5.37. The van der Waals surface area contributed by atoms with Gasteiger partial charge >= 0.3 is 0 Å². The van der Waals surface area contributed by atoms with E-state index in [-0.39, 0.29) is 0 Å². The minimum atomic E-state index is 0.610. The number of nitrogens with zero attached hydrogens (tertiary/aromatic N) is 3. The van der Waals surface area contributed by atoms with Crippen LogP contribution in [0.5, 0.6) is 0 Å². The maximum Gasteiger partial charge on any atom is 0.0991 e. The minimum absolute atomic E-state index is 0.610. The van der Waals surface area contributed by atoms with E-state index >= 15 is 0 Å². The first-order valence-electron chi connectivity index (χ1n) is 6.74. The zero-order valence-electron chi connectivity index (χ0n) is 11.1. The second kappa shape index (κ2) is 4.99. The summed E-state index contributed by atoms with van der Waals surface area (Å²) in [6.07, 6.45) is 4.40. The summed E-state index contributed by atoms with van der Waals surface area (Å²) in [6, 6.07) is 10.1. The Morgan fingerprint density at radius 1 is 1.26 bits per heavy atom. The molecular weight excluding hydrogens is 234 g/mol. The number of likely N-dealkylation sites (tertiary alicyclic amines) is 1. The van der Waals surface area contributed by atoms with Crippen LogP contribution in [0.15, 0.2) is 30.5 Å². The lowest BCUT2D eigenvalue weighted by Crippen LogP contribution is -2.29. The van der Waals surface area contributed by atoms with Crippen LogP contribution < -0.4 is 0 Å². The normalized spacial score (nSPS) is 17.5. The van der Waals surface area contributed by atoms with Gasteiger partial charge in [0.05, 0.1) is 17.1 Å². The van der Waals surface area contributed by atoms with Crippen LogP contribution in [0.4, 0.5) is 0 Å². The summed E-state index contributed by atoms with van der Waals surface area (Å²) in [5.74, 6) is 0.610. The standard InChI is InChI=1S/C16H17N3/c1-19-6-4-13(5-7-19)15-9-14-8-12(10-17)2-3-16(14)18-11-15/h2-3,8-9,11,13H,4-7H2,1H3. The predicted molar refractivity (Wildman–Crippen MR) is 75.9 cm³/mol. The third-order valence-corrected chi connectivity index (χ3v) is 4.02. The first-order chi connectivity index (χ1) is 9.26. The Labute approximate surface area is 113 Å². The summed E-state index contributed by atoms with van der Waals surface area (Å²) < 4.78 is 0. The zero-order chi connectivity index (χ0) is 13.2. The van der Waals surface area contributed by atoms with Gasteiger partial charge in [-0.2, -0.15) is 5.26 Å². The van der Waals surface area contributed by atoms with Crippen LogP contribution in [0, 0.1) is 11.3 Å². The number of benzene rings is 1. The average Bonchev–Trinajstić information content (AvgIpc) is 2.47. The highest BCUT2D eigenvalue weighted by atomic mass is 15.1. The Morgan fingerprint density at radius 2 is 2.05 bits per heavy atom. The Balaban J connectivity index is 1.94. The van der Waals surface area contributed by atoms with Crippen molar-refractivity contribution < 1.29 is 0 Å². The number of aromatic nitrogens is 1. The molecule has 0 N–H and O–H groups in total. The van der Waals surface area contributed by atoms with E-state index in [1.165, 1.54) is 18.4 Å². The van der Waals surface area contributed by atoms with Crippen LogP contribution in [0.1, 0.15) is 29.9 Å². The molecule has 0 saturated carbocycles. The van der Waals surface area contributed by atoms with Gasteiger partial charge in [0.25, 0.3) is 0 Å². The van der Waals surface area contributed by atoms with Gasteiger partial charge in [-0.15, -0.1) is 0 Å². The fraction of sp³-hybridized carbons (Fsp3) is 0.375. The molecule has 3 nitrogen and oxygen atoms in total. The summed E-state index contributed by atoms with van der Waals surface area (Å²) in [7, 11) is 2.17. The van der Waals surface area contributed by atoms with Crippen molar-refractivity contribution in [2.45, 2.75) is 18.8 Å². The lowest BCUT2D eigenvalue weighted by molar-refractivity contribution is 0.255. The van der Waals surface area contributed by atoms with Crippen LogP contribution in [-0.4, -0.2) is 30.0 Å². The second-order valence-corrected chi connectivity index (χ2v) is 5.37. The van der Waals surface area contributed by atoms with Crippen LogP contribution in [0.3, 0.4) is 0 Å². The van der Waals surface area contributed by atoms with E-state index in [1.807, 2.05) is 24.4 Å². The average molecular weight is 251 g/mol. The number of nitriles is 1. The molecule has 3 heteroatoms. The quantitative estimate of drug-likeness (QED) is 0.782. The van der Waals surface area contributed by atoms with Crippen LogP contribution in [0.25, 0.3) is 10.9 Å². The molecule has 1 aromatic carbocycles. The van der Waals surface area contributed by atoms with Gasteiger partial charge in [-0.3, -0.25) is 4.98 Å². The molecule has 1 fully saturated rings. The van der Waals surface area contributed by atoms with E-state index in [9.17, 15) is 0 Å². The molecule has 1 aromatic heterocycles. The first kappa shape index (κ1) is 12.1. The fourth-order valence-electron chi connectivity index (χ4n) is 2.78. The maximum atomic E-state index is 8.97. The molecule has 2 heterocycles. The van der Waals surface area contributed by atoms with Gasteiger partial charge in [0.15, 0.2) is 0 Å². The summed E-state index contributed by atoms with van der Waals surface area (Å²) in [5.41, 5.74) is 2.99. The number of piperidine rings is 1. The van der Waals surface area contributed by atoms with E-state index < -0.39 is 0 Å². The van der Waals surface area contributed by atoms with Gasteiger partial charge in [0.1, 0.15) is 0 Å². The van der Waals surface area contributed by atoms with Gasteiger partial charge in [0.2, 0.25) is 0 Å². The van der Waals surface area contributed by atoms with Gasteiger partial charge in [-0.1, -0.05) is 0 Å². The maximum absolute atomic E-state index is 8.97. The summed E-state index contributed by atoms with van der Waals surface area (Å²) in [5, 5.41) is 10.0. The Bertz CT molecular complexity index is 634. The van der Waals surface area contributed by atoms with E-state index in [0.717, 1.165) is 24.0 Å². The molecule has 3 rings (SSSR count). The van der Waals surface area contributed by atoms with Crippen molar-refractivity contribution in [2.75, 3.05) is 20.1 Å². The van der Waals surface area contributed by atoms with Crippen molar-refractivity contribution in [3.05, 3.63) is 41.6 Å². The summed E-state index contributed by atoms with van der Waals surface area (Å²) in [6.45, 7) is 2.31. The molecule has 0 aliphatic carbocycles. The molecule has 0 radical (unpaired) electrons. The largest absolute Gasteiger partial charge is 0.306 e. The molecule has 0 amide bonds.